The van der Waals surface area contributed by atoms with Crippen molar-refractivity contribution >= 4 is 29.4 Å². The molecule has 2 N–H and O–H groups in total. The lowest BCUT2D eigenvalue weighted by Gasteiger charge is -2.24. The molecule has 2 amide bonds. The highest BCUT2D eigenvalue weighted by Gasteiger charge is 2.24. The quantitative estimate of drug-likeness (QED) is 0.899. The number of carboxylic acids is 1. The Hall–Kier alpha value is -1.69. The third kappa shape index (κ3) is 3.25. The van der Waals surface area contributed by atoms with Crippen molar-refractivity contribution in [3.05, 3.63) is 29.3 Å². The molecule has 5 nitrogen and oxygen atoms in total. The first kappa shape index (κ1) is 14.7. The van der Waals surface area contributed by atoms with Crippen molar-refractivity contribution < 1.29 is 14.7 Å². The maximum atomic E-state index is 12.2. The van der Waals surface area contributed by atoms with E-state index in [0.717, 1.165) is 23.5 Å². The Morgan fingerprint density at radius 1 is 1.45 bits per heavy atom. The number of thioether (sulfide) groups is 1. The van der Waals surface area contributed by atoms with Gasteiger partial charge in [-0.1, -0.05) is 6.07 Å². The summed E-state index contributed by atoms with van der Waals surface area (Å²) in [6.07, 6.45) is 1.00. The Bertz CT molecular complexity index is 527. The molecule has 1 fully saturated rings. The number of hydrogen-bond donors (Lipinski definition) is 2. The second kappa shape index (κ2) is 6.17. The van der Waals surface area contributed by atoms with Gasteiger partial charge in [0.2, 0.25) is 0 Å². The minimum Gasteiger partial charge on any atom is -0.478 e. The highest BCUT2D eigenvalue weighted by Crippen LogP contribution is 2.23. The number of benzene rings is 1. The number of urea groups is 1. The summed E-state index contributed by atoms with van der Waals surface area (Å²) < 4.78 is 0. The lowest BCUT2D eigenvalue weighted by molar-refractivity contribution is 0.0697. The zero-order valence-electron chi connectivity index (χ0n) is 11.5. The van der Waals surface area contributed by atoms with Crippen molar-refractivity contribution in [3.63, 3.8) is 0 Å². The number of carbonyl (C=O) groups excluding carboxylic acids is 1. The molecule has 0 bridgehead atoms. The summed E-state index contributed by atoms with van der Waals surface area (Å²) in [6, 6.07) is 4.79. The van der Waals surface area contributed by atoms with Crippen LogP contribution in [0.5, 0.6) is 0 Å². The molecule has 1 aliphatic rings. The molecule has 20 heavy (non-hydrogen) atoms. The molecule has 0 spiro atoms. The van der Waals surface area contributed by atoms with Gasteiger partial charge in [-0.3, -0.25) is 0 Å². The van der Waals surface area contributed by atoms with E-state index >= 15 is 0 Å². The van der Waals surface area contributed by atoms with Gasteiger partial charge in [-0.25, -0.2) is 9.59 Å². The Morgan fingerprint density at radius 2 is 2.20 bits per heavy atom. The molecule has 1 aliphatic heterocycles. The van der Waals surface area contributed by atoms with Crippen LogP contribution in [0.2, 0.25) is 0 Å². The first-order chi connectivity index (χ1) is 9.49. The maximum absolute atomic E-state index is 12.2. The van der Waals surface area contributed by atoms with Crippen LogP contribution in [0.15, 0.2) is 18.2 Å². The third-order valence-electron chi connectivity index (χ3n) is 3.50. The van der Waals surface area contributed by atoms with Gasteiger partial charge in [0.1, 0.15) is 0 Å². The first-order valence-electron chi connectivity index (χ1n) is 6.44. The van der Waals surface area contributed by atoms with E-state index in [0.29, 0.717) is 5.69 Å². The van der Waals surface area contributed by atoms with E-state index in [4.69, 9.17) is 5.11 Å². The van der Waals surface area contributed by atoms with Crippen LogP contribution in [0.3, 0.4) is 0 Å². The Balaban J connectivity index is 2.10. The molecule has 108 valence electrons. The number of carbonyl (C=O) groups is 2. The van der Waals surface area contributed by atoms with E-state index in [2.05, 4.69) is 5.32 Å². The molecule has 0 aromatic heterocycles. The molecule has 0 saturated carbocycles. The Morgan fingerprint density at radius 3 is 2.80 bits per heavy atom. The second-order valence-corrected chi connectivity index (χ2v) is 6.04. The molecular weight excluding hydrogens is 276 g/mol. The normalized spacial score (nSPS) is 17.8. The molecular formula is C14H18N2O3S. The Labute approximate surface area is 122 Å². The second-order valence-electron chi connectivity index (χ2n) is 4.89. The molecule has 0 aliphatic carbocycles. The van der Waals surface area contributed by atoms with Crippen molar-refractivity contribution in [1.29, 1.82) is 0 Å². The van der Waals surface area contributed by atoms with Crippen LogP contribution >= 0.6 is 11.8 Å². The van der Waals surface area contributed by atoms with Gasteiger partial charge in [-0.05, 0) is 36.8 Å². The van der Waals surface area contributed by atoms with Crippen LogP contribution in [-0.2, 0) is 0 Å². The lowest BCUT2D eigenvalue weighted by atomic mass is 10.1. The van der Waals surface area contributed by atoms with Crippen molar-refractivity contribution in [3.8, 4) is 0 Å². The van der Waals surface area contributed by atoms with E-state index in [1.54, 1.807) is 18.0 Å². The van der Waals surface area contributed by atoms with Crippen molar-refractivity contribution in [2.45, 2.75) is 19.4 Å². The number of nitrogens with zero attached hydrogens (tertiary/aromatic N) is 1. The molecule has 1 aromatic rings. The fraction of sp³-hybridized carbons (Fsp3) is 0.429. The molecule has 1 saturated heterocycles. The number of aryl methyl sites for hydroxylation is 1. The number of aromatic carboxylic acids is 1. The maximum Gasteiger partial charge on any atom is 0.335 e. The number of anilines is 1. The van der Waals surface area contributed by atoms with Crippen LogP contribution < -0.4 is 5.32 Å². The topological polar surface area (TPSA) is 69.6 Å². The van der Waals surface area contributed by atoms with Crippen LogP contribution in [0.25, 0.3) is 0 Å². The molecule has 0 radical (unpaired) electrons. The number of rotatable bonds is 3. The van der Waals surface area contributed by atoms with E-state index in [1.165, 1.54) is 12.1 Å². The van der Waals surface area contributed by atoms with Crippen LogP contribution in [-0.4, -0.2) is 46.6 Å². The number of nitrogens with one attached hydrogen (secondary N) is 1. The predicted octanol–water partition coefficient (Wildman–Crippen LogP) is 2.66. The standard InChI is InChI=1S/C14H18N2O3S/c1-9-3-4-10(13(17)18)7-12(9)15-14(19)16(2)11-5-6-20-8-11/h3-4,7,11H,5-6,8H2,1-2H3,(H,15,19)(H,17,18). The van der Waals surface area contributed by atoms with Crippen LogP contribution in [0.4, 0.5) is 10.5 Å². The number of amides is 2. The van der Waals surface area contributed by atoms with E-state index in [1.807, 2.05) is 18.7 Å². The summed E-state index contributed by atoms with van der Waals surface area (Å²) in [4.78, 5) is 24.9. The van der Waals surface area contributed by atoms with Crippen molar-refractivity contribution in [2.24, 2.45) is 0 Å². The van der Waals surface area contributed by atoms with Gasteiger partial charge in [-0.15, -0.1) is 0 Å². The highest BCUT2D eigenvalue weighted by molar-refractivity contribution is 7.99. The minimum atomic E-state index is -0.999. The summed E-state index contributed by atoms with van der Waals surface area (Å²) in [7, 11) is 1.78. The minimum absolute atomic E-state index is 0.171. The summed E-state index contributed by atoms with van der Waals surface area (Å²) in [5.74, 6) is 1.04. The average molecular weight is 294 g/mol. The SMILES string of the molecule is Cc1ccc(C(=O)O)cc1NC(=O)N(C)C1CCSC1. The van der Waals surface area contributed by atoms with Crippen molar-refractivity contribution in [2.75, 3.05) is 23.9 Å². The predicted molar refractivity (Wildman–Crippen MR) is 80.7 cm³/mol. The zero-order chi connectivity index (χ0) is 14.7. The summed E-state index contributed by atoms with van der Waals surface area (Å²) in [5.41, 5.74) is 1.56. The lowest BCUT2D eigenvalue weighted by Crippen LogP contribution is -2.40. The van der Waals surface area contributed by atoms with Crippen molar-refractivity contribution in [1.82, 2.24) is 4.90 Å². The van der Waals surface area contributed by atoms with Gasteiger partial charge < -0.3 is 15.3 Å². The van der Waals surface area contributed by atoms with Gasteiger partial charge in [-0.2, -0.15) is 11.8 Å². The fourth-order valence-electron chi connectivity index (χ4n) is 2.09. The zero-order valence-corrected chi connectivity index (χ0v) is 12.4. The fourth-order valence-corrected chi connectivity index (χ4v) is 3.35. The van der Waals surface area contributed by atoms with Gasteiger partial charge in [0.25, 0.3) is 0 Å². The van der Waals surface area contributed by atoms with E-state index in [-0.39, 0.29) is 17.6 Å². The average Bonchev–Trinajstić information content (AvgIpc) is 2.94. The molecule has 1 atom stereocenters. The highest BCUT2D eigenvalue weighted by atomic mass is 32.2. The monoisotopic (exact) mass is 294 g/mol. The molecule has 6 heteroatoms. The summed E-state index contributed by atoms with van der Waals surface area (Å²) >= 11 is 1.84. The van der Waals surface area contributed by atoms with Crippen LogP contribution in [0, 0.1) is 6.92 Å². The van der Waals surface area contributed by atoms with Gasteiger partial charge in [0, 0.05) is 24.5 Å². The number of carboxylic acid groups (broad SMARTS) is 1. The Kier molecular flexibility index (Phi) is 4.54. The number of hydrogen-bond acceptors (Lipinski definition) is 3. The summed E-state index contributed by atoms with van der Waals surface area (Å²) in [5, 5.41) is 11.8. The molecule has 1 aromatic carbocycles. The van der Waals surface area contributed by atoms with E-state index < -0.39 is 5.97 Å². The van der Waals surface area contributed by atoms with E-state index in [9.17, 15) is 9.59 Å². The molecule has 1 unspecified atom stereocenters. The smallest absolute Gasteiger partial charge is 0.335 e. The van der Waals surface area contributed by atoms with Gasteiger partial charge >= 0.3 is 12.0 Å². The van der Waals surface area contributed by atoms with Crippen LogP contribution in [0.1, 0.15) is 22.3 Å². The van der Waals surface area contributed by atoms with Gasteiger partial charge in [0.15, 0.2) is 0 Å². The third-order valence-corrected chi connectivity index (χ3v) is 4.64. The molecule has 2 rings (SSSR count). The first-order valence-corrected chi connectivity index (χ1v) is 7.60. The van der Waals surface area contributed by atoms with Gasteiger partial charge in [0.05, 0.1) is 5.56 Å². The molecule has 1 heterocycles. The largest absolute Gasteiger partial charge is 0.478 e. The summed E-state index contributed by atoms with van der Waals surface area (Å²) in [6.45, 7) is 1.84.